The van der Waals surface area contributed by atoms with Crippen molar-refractivity contribution in [2.24, 2.45) is 0 Å². The van der Waals surface area contributed by atoms with Crippen molar-refractivity contribution < 1.29 is 23.6 Å². The van der Waals surface area contributed by atoms with Crippen LogP contribution < -0.4 is 0 Å². The largest absolute Gasteiger partial charge is 0.468 e. The van der Waals surface area contributed by atoms with Crippen molar-refractivity contribution in [3.05, 3.63) is 24.2 Å². The fourth-order valence-electron chi connectivity index (χ4n) is 2.44. The Balaban J connectivity index is 1.72. The van der Waals surface area contributed by atoms with Gasteiger partial charge in [-0.2, -0.15) is 4.98 Å². The van der Waals surface area contributed by atoms with Gasteiger partial charge in [0, 0.05) is 13.0 Å². The number of aliphatic hydroxyl groups is 1. The quantitative estimate of drug-likeness (QED) is 0.810. The molecule has 3 rings (SSSR count). The SMILES string of the molecule is COC(=O)C1CC(O)CN1Cc1noc(-c2ccco2)n1. The van der Waals surface area contributed by atoms with Crippen LogP contribution in [0.15, 0.2) is 27.3 Å². The number of furan rings is 1. The van der Waals surface area contributed by atoms with Crippen LogP contribution in [0.5, 0.6) is 0 Å². The standard InChI is InChI=1S/C13H15N3O5/c1-19-13(18)9-5-8(17)6-16(9)7-11-14-12(21-15-11)10-3-2-4-20-10/h2-4,8-9,17H,5-7H2,1H3. The zero-order valence-corrected chi connectivity index (χ0v) is 11.4. The first-order valence-electron chi connectivity index (χ1n) is 6.54. The summed E-state index contributed by atoms with van der Waals surface area (Å²) in [5.74, 6) is 0.815. The molecule has 2 atom stereocenters. The Morgan fingerprint density at radius 1 is 1.62 bits per heavy atom. The van der Waals surface area contributed by atoms with Crippen molar-refractivity contribution in [1.29, 1.82) is 0 Å². The van der Waals surface area contributed by atoms with Crippen LogP contribution in [-0.4, -0.2) is 51.9 Å². The number of nitrogens with zero attached hydrogens (tertiary/aromatic N) is 3. The number of carbonyl (C=O) groups excluding carboxylic acids is 1. The first-order valence-corrected chi connectivity index (χ1v) is 6.54. The number of β-amino-alcohol motifs (C(OH)–C–C–N with tert-alkyl or cyclic N) is 1. The molecule has 3 heterocycles. The Bertz CT molecular complexity index is 609. The molecule has 2 aromatic heterocycles. The highest BCUT2D eigenvalue weighted by atomic mass is 16.5. The van der Waals surface area contributed by atoms with Gasteiger partial charge in [-0.1, -0.05) is 5.16 Å². The minimum Gasteiger partial charge on any atom is -0.468 e. The number of ether oxygens (including phenoxy) is 1. The topological polar surface area (TPSA) is 102 Å². The molecule has 0 amide bonds. The first-order chi connectivity index (χ1) is 10.2. The third kappa shape index (κ3) is 2.81. The van der Waals surface area contributed by atoms with Gasteiger partial charge in [-0.25, -0.2) is 0 Å². The van der Waals surface area contributed by atoms with Gasteiger partial charge in [0.05, 0.1) is 26.0 Å². The molecule has 1 fully saturated rings. The van der Waals surface area contributed by atoms with Gasteiger partial charge in [-0.05, 0) is 12.1 Å². The van der Waals surface area contributed by atoms with Crippen molar-refractivity contribution in [2.75, 3.05) is 13.7 Å². The van der Waals surface area contributed by atoms with E-state index >= 15 is 0 Å². The lowest BCUT2D eigenvalue weighted by Gasteiger charge is -2.19. The van der Waals surface area contributed by atoms with Crippen molar-refractivity contribution in [2.45, 2.75) is 25.1 Å². The van der Waals surface area contributed by atoms with Crippen molar-refractivity contribution >= 4 is 5.97 Å². The first kappa shape index (κ1) is 13.8. The summed E-state index contributed by atoms with van der Waals surface area (Å²) in [6.45, 7) is 0.658. The van der Waals surface area contributed by atoms with E-state index in [1.807, 2.05) is 0 Å². The molecule has 0 bridgehead atoms. The van der Waals surface area contributed by atoms with Crippen molar-refractivity contribution in [3.8, 4) is 11.7 Å². The average molecular weight is 293 g/mol. The Morgan fingerprint density at radius 3 is 3.19 bits per heavy atom. The Labute approximate surface area is 120 Å². The highest BCUT2D eigenvalue weighted by Crippen LogP contribution is 2.22. The average Bonchev–Trinajstić information content (AvgIpc) is 3.18. The molecule has 1 aliphatic rings. The minimum absolute atomic E-state index is 0.282. The van der Waals surface area contributed by atoms with Gasteiger partial charge in [0.1, 0.15) is 6.04 Å². The van der Waals surface area contributed by atoms with Crippen LogP contribution in [0.25, 0.3) is 11.7 Å². The molecular weight excluding hydrogens is 278 g/mol. The molecule has 0 spiro atoms. The van der Waals surface area contributed by atoms with Gasteiger partial charge in [0.15, 0.2) is 11.6 Å². The lowest BCUT2D eigenvalue weighted by molar-refractivity contribution is -0.146. The molecule has 112 valence electrons. The monoisotopic (exact) mass is 293 g/mol. The highest BCUT2D eigenvalue weighted by Gasteiger charge is 2.37. The molecule has 0 aromatic carbocycles. The van der Waals surface area contributed by atoms with E-state index in [0.29, 0.717) is 31.1 Å². The summed E-state index contributed by atoms with van der Waals surface area (Å²) in [5.41, 5.74) is 0. The summed E-state index contributed by atoms with van der Waals surface area (Å²) >= 11 is 0. The highest BCUT2D eigenvalue weighted by molar-refractivity contribution is 5.76. The molecule has 21 heavy (non-hydrogen) atoms. The molecule has 2 aromatic rings. The second kappa shape index (κ2) is 5.66. The van der Waals surface area contributed by atoms with E-state index in [0.717, 1.165) is 0 Å². The molecule has 1 N–H and O–H groups in total. The lowest BCUT2D eigenvalue weighted by atomic mass is 10.2. The number of aliphatic hydroxyl groups excluding tert-OH is 1. The molecular formula is C13H15N3O5. The van der Waals surface area contributed by atoms with E-state index in [2.05, 4.69) is 10.1 Å². The fraction of sp³-hybridized carbons (Fsp3) is 0.462. The van der Waals surface area contributed by atoms with Crippen LogP contribution in [0.3, 0.4) is 0 Å². The summed E-state index contributed by atoms with van der Waals surface area (Å²) in [5, 5.41) is 13.6. The van der Waals surface area contributed by atoms with Gasteiger partial charge >= 0.3 is 5.97 Å². The number of esters is 1. The summed E-state index contributed by atoms with van der Waals surface area (Å²) in [7, 11) is 1.33. The summed E-state index contributed by atoms with van der Waals surface area (Å²) < 4.78 is 15.0. The number of carbonyl (C=O) groups is 1. The number of likely N-dealkylation sites (tertiary alicyclic amines) is 1. The van der Waals surface area contributed by atoms with Crippen LogP contribution in [0, 0.1) is 0 Å². The molecule has 0 saturated carbocycles. The van der Waals surface area contributed by atoms with Gasteiger partial charge in [-0.15, -0.1) is 0 Å². The maximum atomic E-state index is 11.7. The van der Waals surface area contributed by atoms with Gasteiger partial charge in [0.2, 0.25) is 0 Å². The number of hydrogen-bond acceptors (Lipinski definition) is 8. The summed E-state index contributed by atoms with van der Waals surface area (Å²) in [6.07, 6.45) is 1.30. The van der Waals surface area contributed by atoms with Crippen LogP contribution in [0.1, 0.15) is 12.2 Å². The third-order valence-electron chi connectivity index (χ3n) is 3.40. The normalized spacial score (nSPS) is 22.6. The Hall–Kier alpha value is -2.19. The number of aromatic nitrogens is 2. The predicted octanol–water partition coefficient (Wildman–Crippen LogP) is 0.438. The van der Waals surface area contributed by atoms with Crippen molar-refractivity contribution in [1.82, 2.24) is 15.0 Å². The number of hydrogen-bond donors (Lipinski definition) is 1. The van der Waals surface area contributed by atoms with E-state index in [1.165, 1.54) is 13.4 Å². The van der Waals surface area contributed by atoms with Crippen LogP contribution in [-0.2, 0) is 16.1 Å². The van der Waals surface area contributed by atoms with Gasteiger partial charge < -0.3 is 18.8 Å². The molecule has 1 aliphatic heterocycles. The maximum absolute atomic E-state index is 11.7. The second-order valence-electron chi connectivity index (χ2n) is 4.85. The van der Waals surface area contributed by atoms with Gasteiger partial charge in [0.25, 0.3) is 5.89 Å². The van der Waals surface area contributed by atoms with E-state index in [9.17, 15) is 9.90 Å². The number of methoxy groups -OCH3 is 1. The van der Waals surface area contributed by atoms with Crippen LogP contribution in [0.4, 0.5) is 0 Å². The minimum atomic E-state index is -0.564. The van der Waals surface area contributed by atoms with E-state index in [-0.39, 0.29) is 11.9 Å². The molecule has 0 radical (unpaired) electrons. The molecule has 8 heteroatoms. The predicted molar refractivity (Wildman–Crippen MR) is 68.8 cm³/mol. The molecule has 8 nitrogen and oxygen atoms in total. The summed E-state index contributed by atoms with van der Waals surface area (Å²) in [4.78, 5) is 17.7. The van der Waals surface area contributed by atoms with E-state index in [1.54, 1.807) is 17.0 Å². The smallest absolute Gasteiger partial charge is 0.323 e. The van der Waals surface area contributed by atoms with Crippen molar-refractivity contribution in [3.63, 3.8) is 0 Å². The Morgan fingerprint density at radius 2 is 2.48 bits per heavy atom. The van der Waals surface area contributed by atoms with E-state index in [4.69, 9.17) is 13.7 Å². The van der Waals surface area contributed by atoms with Crippen LogP contribution in [0.2, 0.25) is 0 Å². The summed E-state index contributed by atoms with van der Waals surface area (Å²) in [6, 6.07) is 2.95. The second-order valence-corrected chi connectivity index (χ2v) is 4.85. The van der Waals surface area contributed by atoms with Gasteiger partial charge in [-0.3, -0.25) is 9.69 Å². The number of rotatable bonds is 4. The molecule has 1 saturated heterocycles. The zero-order valence-electron chi connectivity index (χ0n) is 11.4. The van der Waals surface area contributed by atoms with Crippen LogP contribution >= 0.6 is 0 Å². The fourth-order valence-corrected chi connectivity index (χ4v) is 2.44. The third-order valence-corrected chi connectivity index (χ3v) is 3.40. The maximum Gasteiger partial charge on any atom is 0.323 e. The van der Waals surface area contributed by atoms with E-state index < -0.39 is 12.1 Å². The molecule has 2 unspecified atom stereocenters. The lowest BCUT2D eigenvalue weighted by Crippen LogP contribution is -2.36. The zero-order chi connectivity index (χ0) is 14.8. The Kier molecular flexibility index (Phi) is 3.72. The molecule has 0 aliphatic carbocycles.